The molecular weight excluding hydrogens is 299 g/mol. The van der Waals surface area contributed by atoms with Crippen LogP contribution in [-0.2, 0) is 0 Å². The van der Waals surface area contributed by atoms with Crippen LogP contribution >= 0.6 is 11.6 Å². The highest BCUT2D eigenvalue weighted by Gasteiger charge is 2.41. The van der Waals surface area contributed by atoms with Gasteiger partial charge in [-0.3, -0.25) is 0 Å². The molecule has 2 rings (SSSR count). The van der Waals surface area contributed by atoms with Gasteiger partial charge in [-0.05, 0) is 29.4 Å². The van der Waals surface area contributed by atoms with Crippen LogP contribution in [0.15, 0.2) is 18.2 Å². The van der Waals surface area contributed by atoms with Crippen molar-refractivity contribution in [3.8, 4) is 6.07 Å². The molecule has 4 heteroatoms. The first-order chi connectivity index (χ1) is 10.3. The van der Waals surface area contributed by atoms with Crippen LogP contribution in [0.25, 0.3) is 0 Å². The molecule has 1 aromatic rings. The predicted molar refractivity (Wildman–Crippen MR) is 88.3 cm³/mol. The van der Waals surface area contributed by atoms with Gasteiger partial charge in [0.05, 0.1) is 17.0 Å². The number of benzene rings is 1. The minimum absolute atomic E-state index is 0.0887. The number of rotatable bonds is 4. The fourth-order valence-corrected chi connectivity index (χ4v) is 3.29. The Bertz CT molecular complexity index is 577. The number of nitrogens with one attached hydrogen (secondary N) is 1. The summed E-state index contributed by atoms with van der Waals surface area (Å²) >= 11 is 5.89. The van der Waals surface area contributed by atoms with Crippen molar-refractivity contribution < 1.29 is 4.39 Å². The molecule has 0 amide bonds. The Morgan fingerprint density at radius 1 is 1.45 bits per heavy atom. The Hall–Kier alpha value is -1.11. The van der Waals surface area contributed by atoms with E-state index in [-0.39, 0.29) is 34.1 Å². The molecule has 1 saturated heterocycles. The van der Waals surface area contributed by atoms with Gasteiger partial charge in [0.1, 0.15) is 5.82 Å². The summed E-state index contributed by atoms with van der Waals surface area (Å²) in [5.74, 6) is -0.238. The largest absolute Gasteiger partial charge is 0.312 e. The molecule has 0 bridgehead atoms. The molecule has 3 unspecified atom stereocenters. The summed E-state index contributed by atoms with van der Waals surface area (Å²) in [7, 11) is 0. The molecule has 1 fully saturated rings. The van der Waals surface area contributed by atoms with Crippen LogP contribution in [0, 0.1) is 34.4 Å². The average Bonchev–Trinajstić information content (AvgIpc) is 2.83. The van der Waals surface area contributed by atoms with Gasteiger partial charge in [0.25, 0.3) is 0 Å². The fraction of sp³-hybridized carbons (Fsp3) is 0.611. The van der Waals surface area contributed by atoms with E-state index < -0.39 is 0 Å². The molecule has 0 radical (unpaired) electrons. The molecule has 3 atom stereocenters. The minimum atomic E-state index is -0.389. The number of nitriles is 1. The summed E-state index contributed by atoms with van der Waals surface area (Å²) in [6.07, 6.45) is 0.904. The van der Waals surface area contributed by atoms with E-state index in [9.17, 15) is 9.65 Å². The van der Waals surface area contributed by atoms with Crippen molar-refractivity contribution in [2.45, 2.75) is 46.1 Å². The lowest BCUT2D eigenvalue weighted by Gasteiger charge is -2.33. The van der Waals surface area contributed by atoms with Crippen molar-refractivity contribution in [1.82, 2.24) is 5.32 Å². The van der Waals surface area contributed by atoms with Gasteiger partial charge in [-0.2, -0.15) is 5.26 Å². The van der Waals surface area contributed by atoms with Crippen LogP contribution in [0.1, 0.15) is 45.6 Å². The highest BCUT2D eigenvalue weighted by Crippen LogP contribution is 2.40. The first-order valence-corrected chi connectivity index (χ1v) is 8.22. The number of hydrogen-bond acceptors (Lipinski definition) is 2. The molecule has 0 aromatic heterocycles. The SMILES string of the molecule is CC(C)C(C)(C)CC1NCC(c2cccc(Cl)c2F)C1C#N. The lowest BCUT2D eigenvalue weighted by atomic mass is 9.73. The maximum absolute atomic E-state index is 14.3. The number of halogens is 2. The van der Waals surface area contributed by atoms with Gasteiger partial charge in [-0.1, -0.05) is 51.4 Å². The first kappa shape index (κ1) is 17.2. The number of hydrogen-bond donors (Lipinski definition) is 1. The number of nitrogens with zero attached hydrogens (tertiary/aromatic N) is 1. The highest BCUT2D eigenvalue weighted by molar-refractivity contribution is 6.30. The molecule has 1 aliphatic rings. The lowest BCUT2D eigenvalue weighted by Crippen LogP contribution is -2.34. The molecule has 0 aliphatic carbocycles. The summed E-state index contributed by atoms with van der Waals surface area (Å²) in [5.41, 5.74) is 0.686. The molecule has 1 aliphatic heterocycles. The molecule has 1 aromatic carbocycles. The summed E-state index contributed by atoms with van der Waals surface area (Å²) in [6, 6.07) is 7.53. The van der Waals surface area contributed by atoms with Gasteiger partial charge in [-0.15, -0.1) is 0 Å². The Kier molecular flexibility index (Phi) is 5.14. The predicted octanol–water partition coefficient (Wildman–Crippen LogP) is 4.75. The van der Waals surface area contributed by atoms with Crippen LogP contribution in [0.4, 0.5) is 4.39 Å². The second-order valence-electron chi connectivity index (χ2n) is 7.27. The summed E-state index contributed by atoms with van der Waals surface area (Å²) in [5, 5.41) is 13.2. The van der Waals surface area contributed by atoms with Gasteiger partial charge in [0.2, 0.25) is 0 Å². The molecule has 2 nitrogen and oxygen atoms in total. The van der Waals surface area contributed by atoms with Crippen LogP contribution in [0.2, 0.25) is 5.02 Å². The maximum atomic E-state index is 14.3. The molecular formula is C18H24ClFN2. The van der Waals surface area contributed by atoms with Crippen molar-refractivity contribution in [3.05, 3.63) is 34.6 Å². The minimum Gasteiger partial charge on any atom is -0.312 e. The Morgan fingerprint density at radius 3 is 2.73 bits per heavy atom. The van der Waals surface area contributed by atoms with E-state index in [2.05, 4.69) is 39.1 Å². The average molecular weight is 323 g/mol. The summed E-state index contributed by atoms with van der Waals surface area (Å²) < 4.78 is 14.3. The van der Waals surface area contributed by atoms with E-state index in [0.717, 1.165) is 6.42 Å². The maximum Gasteiger partial charge on any atom is 0.145 e. The van der Waals surface area contributed by atoms with E-state index in [1.54, 1.807) is 18.2 Å². The van der Waals surface area contributed by atoms with E-state index in [1.807, 2.05) is 0 Å². The van der Waals surface area contributed by atoms with Crippen LogP contribution in [0.3, 0.4) is 0 Å². The van der Waals surface area contributed by atoms with E-state index in [0.29, 0.717) is 18.0 Å². The zero-order valence-corrected chi connectivity index (χ0v) is 14.4. The summed E-state index contributed by atoms with van der Waals surface area (Å²) in [4.78, 5) is 0. The molecule has 0 spiro atoms. The van der Waals surface area contributed by atoms with E-state index in [4.69, 9.17) is 11.6 Å². The monoisotopic (exact) mass is 322 g/mol. The molecule has 1 heterocycles. The molecule has 120 valence electrons. The van der Waals surface area contributed by atoms with Gasteiger partial charge in [0.15, 0.2) is 0 Å². The fourth-order valence-electron chi connectivity index (χ4n) is 3.10. The normalized spacial score (nSPS) is 25.5. The van der Waals surface area contributed by atoms with Gasteiger partial charge in [0, 0.05) is 18.5 Å². The Balaban J connectivity index is 2.24. The van der Waals surface area contributed by atoms with Crippen LogP contribution in [0.5, 0.6) is 0 Å². The zero-order valence-electron chi connectivity index (χ0n) is 13.7. The second-order valence-corrected chi connectivity index (χ2v) is 7.67. The molecule has 1 N–H and O–H groups in total. The summed E-state index contributed by atoms with van der Waals surface area (Å²) in [6.45, 7) is 9.46. The van der Waals surface area contributed by atoms with Crippen molar-refractivity contribution in [2.75, 3.05) is 6.54 Å². The zero-order chi connectivity index (χ0) is 16.5. The smallest absolute Gasteiger partial charge is 0.145 e. The van der Waals surface area contributed by atoms with Crippen molar-refractivity contribution >= 4 is 11.6 Å². The van der Waals surface area contributed by atoms with Crippen LogP contribution < -0.4 is 5.32 Å². The Morgan fingerprint density at radius 2 is 2.14 bits per heavy atom. The first-order valence-electron chi connectivity index (χ1n) is 7.85. The highest BCUT2D eigenvalue weighted by atomic mass is 35.5. The van der Waals surface area contributed by atoms with E-state index >= 15 is 0 Å². The third-order valence-electron chi connectivity index (χ3n) is 5.31. The van der Waals surface area contributed by atoms with Gasteiger partial charge < -0.3 is 5.32 Å². The molecule has 22 heavy (non-hydrogen) atoms. The van der Waals surface area contributed by atoms with Crippen LogP contribution in [-0.4, -0.2) is 12.6 Å². The van der Waals surface area contributed by atoms with Crippen molar-refractivity contribution in [2.24, 2.45) is 17.3 Å². The standard InChI is InChI=1S/C18H24ClFN2/c1-11(2)18(3,4)8-16-13(9-21)14(10-22-16)12-6-5-7-15(19)17(12)20/h5-7,11,13-14,16,22H,8,10H2,1-4H3. The topological polar surface area (TPSA) is 35.8 Å². The third kappa shape index (κ3) is 3.29. The van der Waals surface area contributed by atoms with Crippen molar-refractivity contribution in [1.29, 1.82) is 5.26 Å². The quantitative estimate of drug-likeness (QED) is 0.868. The van der Waals surface area contributed by atoms with E-state index in [1.165, 1.54) is 0 Å². The van der Waals surface area contributed by atoms with Gasteiger partial charge in [-0.25, -0.2) is 4.39 Å². The van der Waals surface area contributed by atoms with Gasteiger partial charge >= 0.3 is 0 Å². The lowest BCUT2D eigenvalue weighted by molar-refractivity contribution is 0.196. The Labute approximate surface area is 137 Å². The second kappa shape index (κ2) is 6.56. The van der Waals surface area contributed by atoms with Crippen molar-refractivity contribution in [3.63, 3.8) is 0 Å². The third-order valence-corrected chi connectivity index (χ3v) is 5.60. The molecule has 0 saturated carbocycles.